The summed E-state index contributed by atoms with van der Waals surface area (Å²) in [5, 5.41) is 0.470. The first-order valence-electron chi connectivity index (χ1n) is 8.34. The van der Waals surface area contributed by atoms with Gasteiger partial charge in [0.15, 0.2) is 17.5 Å². The maximum atomic E-state index is 12.5. The zero-order valence-corrected chi connectivity index (χ0v) is 15.0. The molecule has 2 aromatic rings. The van der Waals surface area contributed by atoms with E-state index in [2.05, 4.69) is 9.97 Å². The van der Waals surface area contributed by atoms with Crippen LogP contribution in [0.2, 0.25) is 0 Å². The Kier molecular flexibility index (Phi) is 4.28. The number of Topliss-reactive ketones (excluding diaryl/α,β-unsaturated/α-hetero) is 1. The van der Waals surface area contributed by atoms with Crippen molar-refractivity contribution < 1.29 is 14.3 Å². The lowest BCUT2D eigenvalue weighted by molar-refractivity contribution is -0.120. The zero-order chi connectivity index (χ0) is 18.3. The van der Waals surface area contributed by atoms with Gasteiger partial charge in [0.25, 0.3) is 11.5 Å². The van der Waals surface area contributed by atoms with Gasteiger partial charge in [-0.2, -0.15) is 0 Å². The second-order valence-corrected chi connectivity index (χ2v) is 7.25. The zero-order valence-electron chi connectivity index (χ0n) is 14.2. The first kappa shape index (κ1) is 16.8. The third-order valence-corrected chi connectivity index (χ3v) is 5.50. The Bertz CT molecular complexity index is 969. The summed E-state index contributed by atoms with van der Waals surface area (Å²) in [6, 6.07) is 5.05. The highest BCUT2D eigenvalue weighted by atomic mass is 32.2. The number of nitrogens with zero attached hydrogens (tertiary/aromatic N) is 2. The van der Waals surface area contributed by atoms with Crippen LogP contribution in [0.3, 0.4) is 0 Å². The molecule has 1 aliphatic heterocycles. The molecule has 0 bridgehead atoms. The summed E-state index contributed by atoms with van der Waals surface area (Å²) in [5.41, 5.74) is 2.58. The lowest BCUT2D eigenvalue weighted by Gasteiger charge is -2.26. The normalized spacial score (nSPS) is 15.4. The van der Waals surface area contributed by atoms with Crippen LogP contribution in [0.25, 0.3) is 0 Å². The third kappa shape index (κ3) is 3.01. The highest BCUT2D eigenvalue weighted by molar-refractivity contribution is 7.99. The molecule has 0 fully saturated rings. The standard InChI is InChI=1S/C18H17N3O4S/c1-21-13-7-10(5-6-15(13)25-8-16(21)23)14(22)9-26-18-19-12-4-2-3-11(12)17(24)20-18/h5-7H,2-4,8-9H2,1H3,(H,19,20,24). The molecule has 2 heterocycles. The molecule has 1 N–H and O–H groups in total. The fourth-order valence-corrected chi connectivity index (χ4v) is 3.92. The Morgan fingerprint density at radius 1 is 1.35 bits per heavy atom. The minimum atomic E-state index is -0.156. The van der Waals surface area contributed by atoms with Crippen LogP contribution in [0.1, 0.15) is 28.0 Å². The van der Waals surface area contributed by atoms with E-state index in [1.807, 2.05) is 0 Å². The minimum Gasteiger partial charge on any atom is -0.482 e. The number of aromatic nitrogens is 2. The SMILES string of the molecule is CN1C(=O)COc2ccc(C(=O)CSc3nc4c(c(=O)[nH]3)CCC4)cc21. The van der Waals surface area contributed by atoms with Crippen LogP contribution in [-0.2, 0) is 17.6 Å². The van der Waals surface area contributed by atoms with E-state index in [0.717, 1.165) is 30.5 Å². The van der Waals surface area contributed by atoms with Gasteiger partial charge in [0, 0.05) is 18.2 Å². The maximum Gasteiger partial charge on any atom is 0.264 e. The van der Waals surface area contributed by atoms with Crippen LogP contribution in [0.15, 0.2) is 28.2 Å². The van der Waals surface area contributed by atoms with Gasteiger partial charge in [-0.25, -0.2) is 4.98 Å². The van der Waals surface area contributed by atoms with Gasteiger partial charge >= 0.3 is 0 Å². The van der Waals surface area contributed by atoms with E-state index >= 15 is 0 Å². The summed E-state index contributed by atoms with van der Waals surface area (Å²) in [6.07, 6.45) is 2.53. The number of likely N-dealkylation sites (N-methyl/N-ethyl adjacent to an activating group) is 1. The van der Waals surface area contributed by atoms with Gasteiger partial charge in [-0.05, 0) is 37.5 Å². The van der Waals surface area contributed by atoms with Crippen molar-refractivity contribution in [1.82, 2.24) is 9.97 Å². The summed E-state index contributed by atoms with van der Waals surface area (Å²) >= 11 is 1.21. The number of rotatable bonds is 4. The average molecular weight is 371 g/mol. The number of hydrogen-bond acceptors (Lipinski definition) is 6. The molecule has 8 heteroatoms. The van der Waals surface area contributed by atoms with Crippen LogP contribution < -0.4 is 15.2 Å². The van der Waals surface area contributed by atoms with E-state index in [9.17, 15) is 14.4 Å². The Labute approximate surface area is 153 Å². The van der Waals surface area contributed by atoms with Crippen molar-refractivity contribution in [2.75, 3.05) is 24.3 Å². The summed E-state index contributed by atoms with van der Waals surface area (Å²) in [5.74, 6) is 0.476. The molecule has 0 radical (unpaired) electrons. The highest BCUT2D eigenvalue weighted by Crippen LogP contribution is 2.32. The lowest BCUT2D eigenvalue weighted by atomic mass is 10.1. The number of ketones is 1. The molecule has 0 atom stereocenters. The number of H-pyrrole nitrogens is 1. The Hall–Kier alpha value is -2.61. The molecule has 1 aromatic heterocycles. The summed E-state index contributed by atoms with van der Waals surface area (Å²) in [4.78, 5) is 45.0. The van der Waals surface area contributed by atoms with Gasteiger partial charge in [0.1, 0.15) is 5.75 Å². The van der Waals surface area contributed by atoms with E-state index in [0.29, 0.717) is 22.2 Å². The van der Waals surface area contributed by atoms with Crippen molar-refractivity contribution in [3.8, 4) is 5.75 Å². The fraction of sp³-hybridized carbons (Fsp3) is 0.333. The van der Waals surface area contributed by atoms with Crippen LogP contribution >= 0.6 is 11.8 Å². The van der Waals surface area contributed by atoms with E-state index in [4.69, 9.17) is 4.74 Å². The van der Waals surface area contributed by atoms with E-state index in [-0.39, 0.29) is 29.6 Å². The van der Waals surface area contributed by atoms with E-state index in [1.165, 1.54) is 16.7 Å². The quantitative estimate of drug-likeness (QED) is 0.498. The molecule has 26 heavy (non-hydrogen) atoms. The number of benzene rings is 1. The van der Waals surface area contributed by atoms with Crippen LogP contribution in [0.5, 0.6) is 5.75 Å². The van der Waals surface area contributed by atoms with Crippen molar-refractivity contribution in [3.05, 3.63) is 45.4 Å². The average Bonchev–Trinajstić information content (AvgIpc) is 3.12. The molecule has 0 saturated carbocycles. The van der Waals surface area contributed by atoms with Crippen molar-refractivity contribution in [2.24, 2.45) is 0 Å². The maximum absolute atomic E-state index is 12.5. The topological polar surface area (TPSA) is 92.4 Å². The first-order valence-corrected chi connectivity index (χ1v) is 9.33. The molecule has 134 valence electrons. The Morgan fingerprint density at radius 2 is 2.19 bits per heavy atom. The smallest absolute Gasteiger partial charge is 0.264 e. The Balaban J connectivity index is 1.50. The van der Waals surface area contributed by atoms with Gasteiger partial charge in [-0.1, -0.05) is 11.8 Å². The molecule has 0 unspecified atom stereocenters. The number of nitrogens with one attached hydrogen (secondary N) is 1. The molecular weight excluding hydrogens is 354 g/mol. The number of carbonyl (C=O) groups is 2. The number of anilines is 1. The minimum absolute atomic E-state index is 0.00397. The van der Waals surface area contributed by atoms with Crippen molar-refractivity contribution in [3.63, 3.8) is 0 Å². The van der Waals surface area contributed by atoms with Crippen molar-refractivity contribution in [1.29, 1.82) is 0 Å². The van der Waals surface area contributed by atoms with Gasteiger partial charge in [-0.3, -0.25) is 14.4 Å². The van der Waals surface area contributed by atoms with Gasteiger partial charge in [-0.15, -0.1) is 0 Å². The summed E-state index contributed by atoms with van der Waals surface area (Å²) in [7, 11) is 1.66. The molecular formula is C18H17N3O4S. The number of carbonyl (C=O) groups excluding carboxylic acids is 2. The summed E-state index contributed by atoms with van der Waals surface area (Å²) < 4.78 is 5.37. The predicted molar refractivity (Wildman–Crippen MR) is 97.3 cm³/mol. The molecule has 1 amide bonds. The number of aromatic amines is 1. The molecule has 1 aromatic carbocycles. The van der Waals surface area contributed by atoms with Crippen LogP contribution in [0, 0.1) is 0 Å². The number of fused-ring (bicyclic) bond motifs is 2. The lowest BCUT2D eigenvalue weighted by Crippen LogP contribution is -2.35. The number of thioether (sulfide) groups is 1. The van der Waals surface area contributed by atoms with Crippen LogP contribution in [0.4, 0.5) is 5.69 Å². The Morgan fingerprint density at radius 3 is 3.04 bits per heavy atom. The largest absolute Gasteiger partial charge is 0.482 e. The molecule has 7 nitrogen and oxygen atoms in total. The van der Waals surface area contributed by atoms with Gasteiger partial charge in [0.2, 0.25) is 0 Å². The fourth-order valence-electron chi connectivity index (χ4n) is 3.15. The molecule has 0 saturated heterocycles. The number of aryl methyl sites for hydroxylation is 1. The highest BCUT2D eigenvalue weighted by Gasteiger charge is 2.23. The van der Waals surface area contributed by atoms with Crippen LogP contribution in [-0.4, -0.2) is 41.1 Å². The van der Waals surface area contributed by atoms with Crippen molar-refractivity contribution in [2.45, 2.75) is 24.4 Å². The number of hydrogen-bond donors (Lipinski definition) is 1. The molecule has 0 spiro atoms. The second kappa shape index (κ2) is 6.60. The monoisotopic (exact) mass is 371 g/mol. The van der Waals surface area contributed by atoms with Gasteiger partial charge in [0.05, 0.1) is 17.1 Å². The molecule has 4 rings (SSSR count). The first-order chi connectivity index (χ1) is 12.5. The van der Waals surface area contributed by atoms with E-state index < -0.39 is 0 Å². The second-order valence-electron chi connectivity index (χ2n) is 6.29. The number of amides is 1. The number of ether oxygens (including phenoxy) is 1. The molecule has 2 aliphatic rings. The molecule has 1 aliphatic carbocycles. The van der Waals surface area contributed by atoms with E-state index in [1.54, 1.807) is 25.2 Å². The summed E-state index contributed by atoms with van der Waals surface area (Å²) in [6.45, 7) is 0.00397. The third-order valence-electron chi connectivity index (χ3n) is 4.63. The van der Waals surface area contributed by atoms with Gasteiger partial charge < -0.3 is 14.6 Å². The predicted octanol–water partition coefficient (Wildman–Crippen LogP) is 1.59. The van der Waals surface area contributed by atoms with Crippen molar-refractivity contribution >= 4 is 29.1 Å².